The average Bonchev–Trinajstić information content (AvgIpc) is 3.42. The number of hydrogen-bond donors (Lipinski definition) is 7. The van der Waals surface area contributed by atoms with Crippen molar-refractivity contribution in [1.82, 2.24) is 36.6 Å². The third-order valence-corrected chi connectivity index (χ3v) is 6.03. The Balaban J connectivity index is 2.75. The highest BCUT2D eigenvalue weighted by Gasteiger charge is 2.30. The van der Waals surface area contributed by atoms with Gasteiger partial charge in [-0.05, 0) is 18.3 Å². The van der Waals surface area contributed by atoms with Crippen LogP contribution in [0.5, 0.6) is 0 Å². The van der Waals surface area contributed by atoms with Crippen molar-refractivity contribution < 1.29 is 24.0 Å². The van der Waals surface area contributed by atoms with E-state index in [4.69, 9.17) is 5.73 Å². The smallest absolute Gasteiger partial charge is 0.243 e. The summed E-state index contributed by atoms with van der Waals surface area (Å²) in [5.74, 6) is -2.46. The summed E-state index contributed by atoms with van der Waals surface area (Å²) in [7, 11) is 0. The molecule has 13 nitrogen and oxygen atoms in total. The van der Waals surface area contributed by atoms with E-state index in [-0.39, 0.29) is 49.7 Å². The number of nitrogens with zero attached hydrogens (tertiary/aromatic N) is 1. The van der Waals surface area contributed by atoms with Gasteiger partial charge in [-0.15, -0.1) is 0 Å². The SMILES string of the molecule is CCC(C)[C@H](NC(=O)C[C@@H](C)c1cnc[nH]1)C(=O)N[C@@H](CC(C)C)C(=O)NCC(=O)NCC(=O)NCCN. The fraction of sp³-hybridized carbons (Fsp3) is 0.680. The summed E-state index contributed by atoms with van der Waals surface area (Å²) in [5, 5.41) is 13.0. The van der Waals surface area contributed by atoms with E-state index >= 15 is 0 Å². The predicted molar refractivity (Wildman–Crippen MR) is 142 cm³/mol. The van der Waals surface area contributed by atoms with Crippen molar-refractivity contribution in [3.63, 3.8) is 0 Å². The minimum Gasteiger partial charge on any atom is -0.353 e. The van der Waals surface area contributed by atoms with Gasteiger partial charge < -0.3 is 37.3 Å². The molecule has 0 aliphatic heterocycles. The largest absolute Gasteiger partial charge is 0.353 e. The zero-order valence-electron chi connectivity index (χ0n) is 23.1. The van der Waals surface area contributed by atoms with Crippen molar-refractivity contribution in [1.29, 1.82) is 0 Å². The molecule has 13 heteroatoms. The third-order valence-electron chi connectivity index (χ3n) is 6.03. The molecular weight excluding hydrogens is 492 g/mol. The molecule has 0 aromatic carbocycles. The topological polar surface area (TPSA) is 200 Å². The van der Waals surface area contributed by atoms with Gasteiger partial charge in [0, 0.05) is 37.3 Å². The van der Waals surface area contributed by atoms with Gasteiger partial charge in [-0.2, -0.15) is 0 Å². The van der Waals surface area contributed by atoms with Crippen molar-refractivity contribution in [2.24, 2.45) is 17.6 Å². The first kappa shape index (κ1) is 32.5. The molecule has 0 saturated heterocycles. The first-order valence-electron chi connectivity index (χ1n) is 13.1. The quantitative estimate of drug-likeness (QED) is 0.136. The Hall–Kier alpha value is -3.48. The van der Waals surface area contributed by atoms with E-state index in [2.05, 4.69) is 36.6 Å². The van der Waals surface area contributed by atoms with E-state index in [1.807, 2.05) is 34.6 Å². The molecule has 0 fully saturated rings. The van der Waals surface area contributed by atoms with E-state index in [1.165, 1.54) is 0 Å². The van der Waals surface area contributed by atoms with Gasteiger partial charge in [-0.1, -0.05) is 41.0 Å². The summed E-state index contributed by atoms with van der Waals surface area (Å²) in [6.45, 7) is 9.45. The number of rotatable bonds is 17. The molecule has 5 amide bonds. The Labute approximate surface area is 224 Å². The van der Waals surface area contributed by atoms with Gasteiger partial charge in [-0.25, -0.2) is 4.98 Å². The Bertz CT molecular complexity index is 906. The monoisotopic (exact) mass is 536 g/mol. The second kappa shape index (κ2) is 17.1. The summed E-state index contributed by atoms with van der Waals surface area (Å²) in [5.41, 5.74) is 6.13. The van der Waals surface area contributed by atoms with E-state index in [0.717, 1.165) is 5.69 Å². The molecule has 0 aliphatic carbocycles. The lowest BCUT2D eigenvalue weighted by atomic mass is 9.96. The summed E-state index contributed by atoms with van der Waals surface area (Å²) in [6, 6.07) is -1.74. The molecule has 1 rings (SSSR count). The lowest BCUT2D eigenvalue weighted by molar-refractivity contribution is -0.134. The predicted octanol–water partition coefficient (Wildman–Crippen LogP) is -0.728. The molecule has 0 saturated carbocycles. The zero-order chi connectivity index (χ0) is 28.7. The summed E-state index contributed by atoms with van der Waals surface area (Å²) in [4.78, 5) is 69.4. The molecule has 1 heterocycles. The van der Waals surface area contributed by atoms with Crippen LogP contribution in [-0.2, 0) is 24.0 Å². The normalized spacial score (nSPS) is 14.1. The average molecular weight is 537 g/mol. The second-order valence-corrected chi connectivity index (χ2v) is 9.87. The molecular formula is C25H44N8O5. The number of H-pyrrole nitrogens is 1. The van der Waals surface area contributed by atoms with Gasteiger partial charge in [0.15, 0.2) is 0 Å². The highest BCUT2D eigenvalue weighted by Crippen LogP contribution is 2.17. The molecule has 1 aromatic heterocycles. The van der Waals surface area contributed by atoms with Crippen LogP contribution in [-0.4, -0.2) is 77.8 Å². The standard InChI is InChI=1S/C25H44N8O5/c1-6-16(4)23(33-20(34)10-17(5)19-11-27-14-31-19)25(38)32-18(9-15(2)3)24(37)30-13-22(36)29-12-21(35)28-8-7-26/h11,14-18,23H,6-10,12-13,26H2,1-5H3,(H,27,31)(H,28,35)(H,29,36)(H,30,37)(H,32,38)(H,33,34)/t16?,17-,18+,23+/m1/s1. The molecule has 0 radical (unpaired) electrons. The van der Waals surface area contributed by atoms with Gasteiger partial charge >= 0.3 is 0 Å². The third kappa shape index (κ3) is 12.2. The Kier molecular flexibility index (Phi) is 14.7. The maximum Gasteiger partial charge on any atom is 0.243 e. The van der Waals surface area contributed by atoms with Crippen LogP contribution in [0.1, 0.15) is 65.5 Å². The first-order valence-corrected chi connectivity index (χ1v) is 13.1. The van der Waals surface area contributed by atoms with Crippen LogP contribution < -0.4 is 32.3 Å². The van der Waals surface area contributed by atoms with Crippen LogP contribution in [0.3, 0.4) is 0 Å². The molecule has 1 unspecified atom stereocenters. The minimum absolute atomic E-state index is 0.0676. The number of nitrogens with one attached hydrogen (secondary N) is 6. The minimum atomic E-state index is -0.907. The van der Waals surface area contributed by atoms with Crippen LogP contribution in [0, 0.1) is 11.8 Å². The summed E-state index contributed by atoms with van der Waals surface area (Å²) < 4.78 is 0. The Morgan fingerprint density at radius 1 is 0.921 bits per heavy atom. The highest BCUT2D eigenvalue weighted by molar-refractivity contribution is 5.94. The molecule has 38 heavy (non-hydrogen) atoms. The number of carbonyl (C=O) groups is 5. The molecule has 1 aromatic rings. The van der Waals surface area contributed by atoms with Gasteiger partial charge in [-0.3, -0.25) is 24.0 Å². The van der Waals surface area contributed by atoms with Crippen molar-refractivity contribution in [2.75, 3.05) is 26.2 Å². The number of nitrogens with two attached hydrogens (primary N) is 1. The van der Waals surface area contributed by atoms with E-state index < -0.39 is 35.7 Å². The van der Waals surface area contributed by atoms with E-state index in [9.17, 15) is 24.0 Å². The van der Waals surface area contributed by atoms with Crippen LogP contribution in [0.2, 0.25) is 0 Å². The lowest BCUT2D eigenvalue weighted by Crippen LogP contribution is -2.56. The Morgan fingerprint density at radius 3 is 2.16 bits per heavy atom. The number of hydrogen-bond acceptors (Lipinski definition) is 7. The number of carbonyl (C=O) groups excluding carboxylic acids is 5. The van der Waals surface area contributed by atoms with E-state index in [1.54, 1.807) is 12.5 Å². The number of imidazole rings is 1. The van der Waals surface area contributed by atoms with Crippen molar-refractivity contribution in [2.45, 2.75) is 71.9 Å². The number of aromatic nitrogens is 2. The van der Waals surface area contributed by atoms with Gasteiger partial charge in [0.05, 0.1) is 19.4 Å². The number of aromatic amines is 1. The van der Waals surface area contributed by atoms with Crippen molar-refractivity contribution >= 4 is 29.5 Å². The maximum atomic E-state index is 13.2. The summed E-state index contributed by atoms with van der Waals surface area (Å²) in [6.07, 6.45) is 4.33. The number of amides is 5. The molecule has 0 bridgehead atoms. The van der Waals surface area contributed by atoms with Gasteiger partial charge in [0.25, 0.3) is 0 Å². The molecule has 8 N–H and O–H groups in total. The van der Waals surface area contributed by atoms with Crippen molar-refractivity contribution in [3.8, 4) is 0 Å². The molecule has 0 aliphatic rings. The highest BCUT2D eigenvalue weighted by atomic mass is 16.2. The lowest BCUT2D eigenvalue weighted by Gasteiger charge is -2.27. The summed E-state index contributed by atoms with van der Waals surface area (Å²) >= 11 is 0. The van der Waals surface area contributed by atoms with Crippen LogP contribution >= 0.6 is 0 Å². The van der Waals surface area contributed by atoms with Gasteiger partial charge in [0.1, 0.15) is 12.1 Å². The van der Waals surface area contributed by atoms with Crippen LogP contribution in [0.4, 0.5) is 0 Å². The first-order chi connectivity index (χ1) is 18.0. The second-order valence-electron chi connectivity index (χ2n) is 9.87. The Morgan fingerprint density at radius 2 is 1.58 bits per heavy atom. The molecule has 214 valence electrons. The zero-order valence-corrected chi connectivity index (χ0v) is 23.1. The maximum absolute atomic E-state index is 13.2. The van der Waals surface area contributed by atoms with Gasteiger partial charge in [0.2, 0.25) is 29.5 Å². The van der Waals surface area contributed by atoms with Crippen LogP contribution in [0.25, 0.3) is 0 Å². The van der Waals surface area contributed by atoms with Crippen molar-refractivity contribution in [3.05, 3.63) is 18.2 Å². The molecule has 4 atom stereocenters. The fourth-order valence-electron chi connectivity index (χ4n) is 3.63. The fourth-order valence-corrected chi connectivity index (χ4v) is 3.63. The van der Waals surface area contributed by atoms with Crippen LogP contribution in [0.15, 0.2) is 12.5 Å². The molecule has 0 spiro atoms. The van der Waals surface area contributed by atoms with E-state index in [0.29, 0.717) is 19.4 Å².